The van der Waals surface area contributed by atoms with Gasteiger partial charge in [-0.25, -0.2) is 0 Å². The van der Waals surface area contributed by atoms with Crippen molar-refractivity contribution >= 4 is 16.9 Å². The summed E-state index contributed by atoms with van der Waals surface area (Å²) in [6, 6.07) is 4.26. The Morgan fingerprint density at radius 2 is 2.00 bits per heavy atom. The molecule has 0 aromatic carbocycles. The first-order valence-electron chi connectivity index (χ1n) is 4.57. The van der Waals surface area contributed by atoms with Crippen molar-refractivity contribution in [1.29, 1.82) is 0 Å². The minimum Gasteiger partial charge on any atom is -0.460 e. The Labute approximate surface area is 86.7 Å². The van der Waals surface area contributed by atoms with E-state index in [1.54, 1.807) is 11.3 Å². The molecule has 0 saturated carbocycles. The molecule has 1 aliphatic rings. The van der Waals surface area contributed by atoms with Gasteiger partial charge < -0.3 is 4.42 Å². The normalized spacial score (nSPS) is 13.1. The zero-order valence-electron chi connectivity index (χ0n) is 8.18. The van der Waals surface area contributed by atoms with Crippen LogP contribution in [0.4, 0.5) is 0 Å². The molecule has 0 bridgehead atoms. The minimum atomic E-state index is 0.966. The van der Waals surface area contributed by atoms with Gasteiger partial charge in [0, 0.05) is 16.0 Å². The third-order valence-electron chi connectivity index (χ3n) is 2.57. The fourth-order valence-electron chi connectivity index (χ4n) is 1.96. The van der Waals surface area contributed by atoms with Gasteiger partial charge in [0.2, 0.25) is 0 Å². The van der Waals surface area contributed by atoms with Gasteiger partial charge in [-0.1, -0.05) is 6.58 Å². The fraction of sp³-hybridized carbons (Fsp3) is 0.167. The second kappa shape index (κ2) is 2.39. The molecule has 3 rings (SSSR count). The Bertz CT molecular complexity index is 494. The molecular weight excluding hydrogens is 192 g/mol. The van der Waals surface area contributed by atoms with E-state index in [2.05, 4.69) is 25.6 Å². The van der Waals surface area contributed by atoms with Gasteiger partial charge in [0.25, 0.3) is 0 Å². The van der Waals surface area contributed by atoms with Gasteiger partial charge in [0.15, 0.2) is 5.76 Å². The highest BCUT2D eigenvalue weighted by molar-refractivity contribution is 7.16. The third-order valence-corrected chi connectivity index (χ3v) is 3.62. The Kier molecular flexibility index (Phi) is 1.38. The van der Waals surface area contributed by atoms with E-state index in [9.17, 15) is 0 Å². The molecular formula is C12H10OS. The topological polar surface area (TPSA) is 13.1 Å². The number of aryl methyl sites for hydroxylation is 2. The van der Waals surface area contributed by atoms with Crippen LogP contribution in [0, 0.1) is 13.8 Å². The van der Waals surface area contributed by atoms with Crippen molar-refractivity contribution in [3.05, 3.63) is 40.5 Å². The molecule has 1 aliphatic carbocycles. The molecule has 0 unspecified atom stereocenters. The van der Waals surface area contributed by atoms with E-state index in [1.807, 2.05) is 6.92 Å². The second-order valence-electron chi connectivity index (χ2n) is 3.68. The smallest absolute Gasteiger partial charge is 0.152 e. The monoisotopic (exact) mass is 202 g/mol. The molecule has 2 heteroatoms. The Morgan fingerprint density at radius 3 is 2.79 bits per heavy atom. The van der Waals surface area contributed by atoms with Gasteiger partial charge >= 0.3 is 0 Å². The van der Waals surface area contributed by atoms with E-state index in [1.165, 1.54) is 20.9 Å². The molecule has 0 N–H and O–H groups in total. The van der Waals surface area contributed by atoms with Gasteiger partial charge in [-0.05, 0) is 31.6 Å². The third kappa shape index (κ3) is 0.840. The van der Waals surface area contributed by atoms with Crippen LogP contribution in [0.25, 0.3) is 16.2 Å². The van der Waals surface area contributed by atoms with Crippen molar-refractivity contribution in [3.8, 4) is 10.6 Å². The van der Waals surface area contributed by atoms with Gasteiger partial charge in [-0.3, -0.25) is 0 Å². The van der Waals surface area contributed by atoms with Crippen molar-refractivity contribution in [2.75, 3.05) is 0 Å². The Morgan fingerprint density at radius 1 is 1.21 bits per heavy atom. The van der Waals surface area contributed by atoms with Crippen molar-refractivity contribution in [1.82, 2.24) is 0 Å². The largest absolute Gasteiger partial charge is 0.460 e. The van der Waals surface area contributed by atoms with E-state index >= 15 is 0 Å². The molecule has 0 atom stereocenters. The summed E-state index contributed by atoms with van der Waals surface area (Å²) in [4.78, 5) is 2.56. The first-order valence-corrected chi connectivity index (χ1v) is 5.39. The highest BCUT2D eigenvalue weighted by Crippen LogP contribution is 2.48. The van der Waals surface area contributed by atoms with Crippen LogP contribution >= 0.6 is 11.3 Å². The van der Waals surface area contributed by atoms with Crippen LogP contribution in [0.2, 0.25) is 0 Å². The zero-order valence-corrected chi connectivity index (χ0v) is 8.99. The maximum Gasteiger partial charge on any atom is 0.152 e. The molecule has 70 valence electrons. The molecule has 1 nitrogen and oxygen atoms in total. The molecule has 0 radical (unpaired) electrons. The van der Waals surface area contributed by atoms with Crippen molar-refractivity contribution < 1.29 is 4.42 Å². The highest BCUT2D eigenvalue weighted by atomic mass is 32.1. The molecule has 2 aromatic heterocycles. The van der Waals surface area contributed by atoms with E-state index in [-0.39, 0.29) is 0 Å². The standard InChI is InChI=1S/C12H10OS/c1-6-4-9-8(3)10-5-7(2)14-12(10)11(9)13-6/h4-5H,3H2,1-2H3. The highest BCUT2D eigenvalue weighted by Gasteiger charge is 2.27. The van der Waals surface area contributed by atoms with Crippen LogP contribution in [-0.2, 0) is 0 Å². The predicted molar refractivity (Wildman–Crippen MR) is 59.6 cm³/mol. The van der Waals surface area contributed by atoms with E-state index in [4.69, 9.17) is 4.42 Å². The first kappa shape index (κ1) is 8.06. The van der Waals surface area contributed by atoms with Crippen LogP contribution < -0.4 is 0 Å². The Balaban J connectivity index is 2.37. The summed E-state index contributed by atoms with van der Waals surface area (Å²) < 4.78 is 5.69. The maximum atomic E-state index is 5.69. The van der Waals surface area contributed by atoms with Crippen LogP contribution in [0.3, 0.4) is 0 Å². The summed E-state index contributed by atoms with van der Waals surface area (Å²) in [6.45, 7) is 8.20. The van der Waals surface area contributed by atoms with E-state index in [0.29, 0.717) is 0 Å². The quantitative estimate of drug-likeness (QED) is 0.537. The lowest BCUT2D eigenvalue weighted by Gasteiger charge is -1.91. The lowest BCUT2D eigenvalue weighted by molar-refractivity contribution is 0.550. The number of fused-ring (bicyclic) bond motifs is 3. The van der Waals surface area contributed by atoms with Crippen LogP contribution in [0.1, 0.15) is 21.8 Å². The average molecular weight is 202 g/mol. The summed E-state index contributed by atoms with van der Waals surface area (Å²) >= 11 is 1.78. The molecule has 2 aromatic rings. The summed E-state index contributed by atoms with van der Waals surface area (Å²) in [6.07, 6.45) is 0. The number of thiophene rings is 1. The molecule has 2 heterocycles. The Hall–Kier alpha value is -1.28. The fourth-order valence-corrected chi connectivity index (χ4v) is 2.99. The van der Waals surface area contributed by atoms with Gasteiger partial charge in [0.05, 0.1) is 4.88 Å². The second-order valence-corrected chi connectivity index (χ2v) is 4.93. The number of furan rings is 1. The lowest BCUT2D eigenvalue weighted by atomic mass is 10.1. The van der Waals surface area contributed by atoms with Gasteiger partial charge in [-0.15, -0.1) is 11.3 Å². The van der Waals surface area contributed by atoms with Crippen LogP contribution in [0.5, 0.6) is 0 Å². The molecule has 0 amide bonds. The van der Waals surface area contributed by atoms with Gasteiger partial charge in [-0.2, -0.15) is 0 Å². The summed E-state index contributed by atoms with van der Waals surface area (Å²) in [5.74, 6) is 1.98. The van der Waals surface area contributed by atoms with Crippen LogP contribution in [-0.4, -0.2) is 0 Å². The molecule has 0 aliphatic heterocycles. The van der Waals surface area contributed by atoms with Crippen molar-refractivity contribution in [2.45, 2.75) is 13.8 Å². The molecule has 0 fully saturated rings. The molecule has 14 heavy (non-hydrogen) atoms. The average Bonchev–Trinajstić information content (AvgIpc) is 2.71. The molecule has 0 spiro atoms. The SMILES string of the molecule is C=C1c2cc(C)oc2-c2sc(C)cc21. The maximum absolute atomic E-state index is 5.69. The predicted octanol–water partition coefficient (Wildman–Crippen LogP) is 4.00. The zero-order chi connectivity index (χ0) is 9.87. The van der Waals surface area contributed by atoms with E-state index < -0.39 is 0 Å². The lowest BCUT2D eigenvalue weighted by Crippen LogP contribution is -1.73. The van der Waals surface area contributed by atoms with Crippen molar-refractivity contribution in [3.63, 3.8) is 0 Å². The van der Waals surface area contributed by atoms with Gasteiger partial charge in [0.1, 0.15) is 5.76 Å². The summed E-state index contributed by atoms with van der Waals surface area (Å²) in [7, 11) is 0. The van der Waals surface area contributed by atoms with Crippen molar-refractivity contribution in [2.24, 2.45) is 0 Å². The molecule has 0 saturated heterocycles. The van der Waals surface area contributed by atoms with E-state index in [0.717, 1.165) is 17.1 Å². The number of hydrogen-bond donors (Lipinski definition) is 0. The number of rotatable bonds is 0. The van der Waals surface area contributed by atoms with Crippen LogP contribution in [0.15, 0.2) is 23.1 Å². The number of hydrogen-bond acceptors (Lipinski definition) is 2. The summed E-state index contributed by atoms with van der Waals surface area (Å²) in [5.41, 5.74) is 3.53. The summed E-state index contributed by atoms with van der Waals surface area (Å²) in [5, 5.41) is 0. The first-order chi connectivity index (χ1) is 6.66. The minimum absolute atomic E-state index is 0.966.